The molecule has 8 heteroatoms. The van der Waals surface area contributed by atoms with Crippen LogP contribution in [0.15, 0.2) is 41.8 Å². The number of thiazole rings is 1. The van der Waals surface area contributed by atoms with Crippen molar-refractivity contribution < 1.29 is 19.1 Å². The highest BCUT2D eigenvalue weighted by Crippen LogP contribution is 2.37. The molecule has 33 heavy (non-hydrogen) atoms. The third-order valence-electron chi connectivity index (χ3n) is 5.84. The number of aryl methyl sites for hydroxylation is 1. The van der Waals surface area contributed by atoms with Crippen molar-refractivity contribution in [2.45, 2.75) is 33.2 Å². The van der Waals surface area contributed by atoms with Crippen molar-refractivity contribution in [1.82, 2.24) is 4.98 Å². The number of anilines is 2. The van der Waals surface area contributed by atoms with Crippen LogP contribution in [0.25, 0.3) is 11.3 Å². The molecule has 0 fully saturated rings. The second kappa shape index (κ2) is 9.72. The van der Waals surface area contributed by atoms with Gasteiger partial charge in [0, 0.05) is 30.2 Å². The molecule has 1 unspecified atom stereocenters. The molecular formula is C25H27N3O4S. The van der Waals surface area contributed by atoms with Gasteiger partial charge in [-0.1, -0.05) is 12.1 Å². The summed E-state index contributed by atoms with van der Waals surface area (Å²) in [5.74, 6) is 0.0488. The van der Waals surface area contributed by atoms with E-state index < -0.39 is 6.04 Å². The molecule has 0 aliphatic carbocycles. The maximum atomic E-state index is 13.1. The van der Waals surface area contributed by atoms with Crippen LogP contribution >= 0.6 is 11.3 Å². The third kappa shape index (κ3) is 4.77. The molecule has 172 valence electrons. The van der Waals surface area contributed by atoms with Crippen molar-refractivity contribution in [3.63, 3.8) is 0 Å². The normalized spacial score (nSPS) is 13.9. The van der Waals surface area contributed by atoms with Crippen molar-refractivity contribution in [2.24, 2.45) is 0 Å². The number of carbonyl (C=O) groups excluding carboxylic acids is 2. The van der Waals surface area contributed by atoms with Gasteiger partial charge in [-0.2, -0.15) is 0 Å². The standard InChI is InChI=1S/C25H27N3O4S/c1-15-6-5-7-19(16(15)2)27-25(30)17(3)28-21-12-18(8-9-22(21)32-13-24(28)29)20-14-33-23(26-20)10-11-31-4/h5-9,12,14,17H,10-11,13H2,1-4H3,(H,27,30). The van der Waals surface area contributed by atoms with E-state index in [4.69, 9.17) is 9.47 Å². The Balaban J connectivity index is 1.61. The van der Waals surface area contributed by atoms with Crippen LogP contribution in [0.1, 0.15) is 23.1 Å². The summed E-state index contributed by atoms with van der Waals surface area (Å²) in [5.41, 5.74) is 5.08. The molecule has 1 atom stereocenters. The Hall–Kier alpha value is -3.23. The molecule has 1 aliphatic heterocycles. The predicted octanol–water partition coefficient (Wildman–Crippen LogP) is 4.37. The molecule has 3 aromatic rings. The minimum Gasteiger partial charge on any atom is -0.482 e. The summed E-state index contributed by atoms with van der Waals surface area (Å²) in [6.07, 6.45) is 0.745. The molecule has 1 aliphatic rings. The van der Waals surface area contributed by atoms with E-state index in [-0.39, 0.29) is 18.4 Å². The molecular weight excluding hydrogens is 438 g/mol. The summed E-state index contributed by atoms with van der Waals surface area (Å²) in [5, 5.41) is 5.94. The van der Waals surface area contributed by atoms with Gasteiger partial charge in [-0.3, -0.25) is 14.5 Å². The Bertz CT molecular complexity index is 1190. The second-order valence-electron chi connectivity index (χ2n) is 8.02. The van der Waals surface area contributed by atoms with E-state index in [1.807, 2.05) is 55.6 Å². The van der Waals surface area contributed by atoms with Crippen molar-refractivity contribution >= 4 is 34.5 Å². The average Bonchev–Trinajstić information content (AvgIpc) is 3.29. The average molecular weight is 466 g/mol. The number of rotatable bonds is 7. The van der Waals surface area contributed by atoms with Gasteiger partial charge in [-0.05, 0) is 56.2 Å². The highest BCUT2D eigenvalue weighted by Gasteiger charge is 2.33. The largest absolute Gasteiger partial charge is 0.482 e. The highest BCUT2D eigenvalue weighted by atomic mass is 32.1. The maximum Gasteiger partial charge on any atom is 0.265 e. The van der Waals surface area contributed by atoms with Crippen LogP contribution in [-0.4, -0.2) is 43.2 Å². The first-order valence-electron chi connectivity index (χ1n) is 10.8. The van der Waals surface area contributed by atoms with Gasteiger partial charge in [-0.15, -0.1) is 11.3 Å². The van der Waals surface area contributed by atoms with Crippen molar-refractivity contribution in [3.05, 3.63) is 57.9 Å². The number of methoxy groups -OCH3 is 1. The summed E-state index contributed by atoms with van der Waals surface area (Å²) in [4.78, 5) is 32.2. The zero-order valence-electron chi connectivity index (χ0n) is 19.2. The van der Waals surface area contributed by atoms with Crippen LogP contribution in [-0.2, 0) is 20.7 Å². The van der Waals surface area contributed by atoms with Crippen molar-refractivity contribution in [1.29, 1.82) is 0 Å². The lowest BCUT2D eigenvalue weighted by Gasteiger charge is -2.33. The minimum absolute atomic E-state index is 0.106. The zero-order chi connectivity index (χ0) is 23.5. The number of aromatic nitrogens is 1. The van der Waals surface area contributed by atoms with Gasteiger partial charge in [-0.25, -0.2) is 4.98 Å². The van der Waals surface area contributed by atoms with E-state index in [2.05, 4.69) is 10.3 Å². The quantitative estimate of drug-likeness (QED) is 0.561. The summed E-state index contributed by atoms with van der Waals surface area (Å²) in [7, 11) is 1.67. The molecule has 0 saturated heterocycles. The molecule has 0 spiro atoms. The summed E-state index contributed by atoms with van der Waals surface area (Å²) < 4.78 is 10.8. The summed E-state index contributed by atoms with van der Waals surface area (Å²) in [6, 6.07) is 10.7. The molecule has 1 aromatic heterocycles. The minimum atomic E-state index is -0.719. The molecule has 2 aromatic carbocycles. The van der Waals surface area contributed by atoms with Crippen LogP contribution < -0.4 is 15.0 Å². The summed E-state index contributed by atoms with van der Waals surface area (Å²) in [6.45, 7) is 6.19. The lowest BCUT2D eigenvalue weighted by atomic mass is 10.1. The Morgan fingerprint density at radius 1 is 1.30 bits per heavy atom. The van der Waals surface area contributed by atoms with Crippen molar-refractivity contribution in [3.8, 4) is 17.0 Å². The van der Waals surface area contributed by atoms with E-state index in [1.165, 1.54) is 4.90 Å². The van der Waals surface area contributed by atoms with Crippen LogP contribution in [0, 0.1) is 13.8 Å². The van der Waals surface area contributed by atoms with Crippen LogP contribution in [0.4, 0.5) is 11.4 Å². The lowest BCUT2D eigenvalue weighted by molar-refractivity contribution is -0.125. The number of ether oxygens (including phenoxy) is 2. The van der Waals surface area contributed by atoms with Gasteiger partial charge in [0.25, 0.3) is 5.91 Å². The molecule has 0 saturated carbocycles. The van der Waals surface area contributed by atoms with E-state index >= 15 is 0 Å². The molecule has 2 amide bonds. The van der Waals surface area contributed by atoms with Crippen LogP contribution in [0.2, 0.25) is 0 Å². The van der Waals surface area contributed by atoms with Gasteiger partial charge in [0.1, 0.15) is 11.8 Å². The van der Waals surface area contributed by atoms with E-state index in [1.54, 1.807) is 25.4 Å². The Kier molecular flexibility index (Phi) is 6.76. The first kappa shape index (κ1) is 22.9. The fraction of sp³-hybridized carbons (Fsp3) is 0.320. The first-order valence-corrected chi connectivity index (χ1v) is 11.7. The number of hydrogen-bond donors (Lipinski definition) is 1. The van der Waals surface area contributed by atoms with Gasteiger partial charge in [0.2, 0.25) is 5.91 Å². The molecule has 0 radical (unpaired) electrons. The molecule has 2 heterocycles. The monoisotopic (exact) mass is 465 g/mol. The third-order valence-corrected chi connectivity index (χ3v) is 6.74. The first-order chi connectivity index (χ1) is 15.9. The number of nitrogens with one attached hydrogen (secondary N) is 1. The fourth-order valence-corrected chi connectivity index (χ4v) is 4.53. The number of benzene rings is 2. The van der Waals surface area contributed by atoms with Crippen LogP contribution in [0.3, 0.4) is 0 Å². The van der Waals surface area contributed by atoms with E-state index in [9.17, 15) is 9.59 Å². The number of fused-ring (bicyclic) bond motifs is 1. The molecule has 4 rings (SSSR count). The number of carbonyl (C=O) groups is 2. The topological polar surface area (TPSA) is 80.8 Å². The van der Waals surface area contributed by atoms with Gasteiger partial charge >= 0.3 is 0 Å². The zero-order valence-corrected chi connectivity index (χ0v) is 20.0. The van der Waals surface area contributed by atoms with Gasteiger partial charge in [0.05, 0.1) is 23.0 Å². The SMILES string of the molecule is COCCc1nc(-c2ccc3c(c2)N(C(C)C(=O)Nc2cccc(C)c2C)C(=O)CO3)cs1. The highest BCUT2D eigenvalue weighted by molar-refractivity contribution is 7.09. The molecule has 7 nitrogen and oxygen atoms in total. The number of nitrogens with zero attached hydrogens (tertiary/aromatic N) is 2. The second-order valence-corrected chi connectivity index (χ2v) is 8.96. The molecule has 0 bridgehead atoms. The van der Waals surface area contributed by atoms with Gasteiger partial charge in [0.15, 0.2) is 6.61 Å². The van der Waals surface area contributed by atoms with Crippen LogP contribution in [0.5, 0.6) is 5.75 Å². The Labute approximate surface area is 197 Å². The smallest absolute Gasteiger partial charge is 0.265 e. The fourth-order valence-electron chi connectivity index (χ4n) is 3.74. The number of amides is 2. The Morgan fingerprint density at radius 3 is 2.91 bits per heavy atom. The molecule has 1 N–H and O–H groups in total. The summed E-state index contributed by atoms with van der Waals surface area (Å²) >= 11 is 1.57. The van der Waals surface area contributed by atoms with E-state index in [0.717, 1.165) is 39.5 Å². The Morgan fingerprint density at radius 2 is 2.12 bits per heavy atom. The number of hydrogen-bond acceptors (Lipinski definition) is 6. The van der Waals surface area contributed by atoms with Gasteiger partial charge < -0.3 is 14.8 Å². The van der Waals surface area contributed by atoms with E-state index in [0.29, 0.717) is 18.0 Å². The predicted molar refractivity (Wildman–Crippen MR) is 130 cm³/mol. The lowest BCUT2D eigenvalue weighted by Crippen LogP contribution is -2.49. The van der Waals surface area contributed by atoms with Crippen molar-refractivity contribution in [2.75, 3.05) is 30.5 Å². The maximum absolute atomic E-state index is 13.1.